The van der Waals surface area contributed by atoms with Gasteiger partial charge in [-0.05, 0) is 40.9 Å². The molecule has 1 heterocycles. The van der Waals surface area contributed by atoms with Gasteiger partial charge in [-0.25, -0.2) is 0 Å². The van der Waals surface area contributed by atoms with Crippen LogP contribution in [0, 0.1) is 0 Å². The predicted octanol–water partition coefficient (Wildman–Crippen LogP) is 2.33. The van der Waals surface area contributed by atoms with E-state index in [1.165, 1.54) is 12.8 Å². The summed E-state index contributed by atoms with van der Waals surface area (Å²) in [4.78, 5) is 25.4. The largest absolute Gasteiger partial charge is 0.395 e. The number of Topliss-reactive ketones (excluding diaryl/α,β-unsaturated/α-hetero) is 1. The van der Waals surface area contributed by atoms with Crippen LogP contribution in [0.25, 0.3) is 0 Å². The van der Waals surface area contributed by atoms with E-state index in [9.17, 15) is 14.7 Å². The van der Waals surface area contributed by atoms with Crippen LogP contribution in [0.15, 0.2) is 16.6 Å². The first-order valence-electron chi connectivity index (χ1n) is 7.18. The number of amides is 1. The molecular weight excluding hydrogens is 336 g/mol. The normalized spacial score (nSPS) is 18.0. The van der Waals surface area contributed by atoms with Gasteiger partial charge >= 0.3 is 0 Å². The van der Waals surface area contributed by atoms with E-state index >= 15 is 0 Å². The number of fused-ring (bicyclic) bond motifs is 1. The third-order valence-electron chi connectivity index (χ3n) is 4.20. The van der Waals surface area contributed by atoms with Crippen molar-refractivity contribution < 1.29 is 14.7 Å². The number of nitrogens with one attached hydrogen (secondary N) is 1. The van der Waals surface area contributed by atoms with E-state index in [-0.39, 0.29) is 6.61 Å². The average molecular weight is 353 g/mol. The molecule has 1 saturated carbocycles. The fourth-order valence-electron chi connectivity index (χ4n) is 3.20. The molecular formula is C15H17BrN2O3. The summed E-state index contributed by atoms with van der Waals surface area (Å²) >= 11 is 3.50. The van der Waals surface area contributed by atoms with Crippen molar-refractivity contribution in [2.24, 2.45) is 0 Å². The molecule has 0 radical (unpaired) electrons. The zero-order valence-corrected chi connectivity index (χ0v) is 13.1. The molecule has 1 aromatic rings. The maximum atomic E-state index is 11.7. The van der Waals surface area contributed by atoms with Crippen LogP contribution in [-0.2, 0) is 4.79 Å². The Morgan fingerprint density at radius 1 is 1.29 bits per heavy atom. The Balaban J connectivity index is 1.99. The second-order valence-corrected chi connectivity index (χ2v) is 6.34. The number of ketones is 1. The van der Waals surface area contributed by atoms with Crippen molar-refractivity contribution in [3.05, 3.63) is 22.2 Å². The van der Waals surface area contributed by atoms with Gasteiger partial charge in [0.25, 0.3) is 11.7 Å². The number of hydrogen-bond acceptors (Lipinski definition) is 4. The first-order valence-corrected chi connectivity index (χ1v) is 7.98. The van der Waals surface area contributed by atoms with E-state index in [0.29, 0.717) is 23.8 Å². The smallest absolute Gasteiger partial charge is 0.296 e. The number of nitrogens with zero attached hydrogens (tertiary/aromatic N) is 1. The minimum atomic E-state index is -0.580. The number of aliphatic hydroxyl groups is 1. The van der Waals surface area contributed by atoms with Gasteiger partial charge in [0.2, 0.25) is 0 Å². The molecule has 0 aromatic heterocycles. The average Bonchev–Trinajstić information content (AvgIpc) is 3.07. The Kier molecular flexibility index (Phi) is 3.99. The van der Waals surface area contributed by atoms with Crippen molar-refractivity contribution in [2.75, 3.05) is 23.4 Å². The van der Waals surface area contributed by atoms with Gasteiger partial charge in [-0.1, -0.05) is 12.8 Å². The third-order valence-corrected chi connectivity index (χ3v) is 4.84. The number of benzene rings is 1. The summed E-state index contributed by atoms with van der Waals surface area (Å²) in [6.07, 6.45) is 4.61. The van der Waals surface area contributed by atoms with Gasteiger partial charge in [0.1, 0.15) is 0 Å². The topological polar surface area (TPSA) is 69.6 Å². The van der Waals surface area contributed by atoms with E-state index < -0.39 is 11.7 Å². The Bertz CT molecular complexity index is 597. The van der Waals surface area contributed by atoms with Crippen LogP contribution < -0.4 is 10.2 Å². The molecule has 112 valence electrons. The van der Waals surface area contributed by atoms with Crippen LogP contribution in [0.5, 0.6) is 0 Å². The van der Waals surface area contributed by atoms with E-state index in [2.05, 4.69) is 26.1 Å². The van der Waals surface area contributed by atoms with Crippen LogP contribution in [0.2, 0.25) is 0 Å². The second-order valence-electron chi connectivity index (χ2n) is 5.49. The van der Waals surface area contributed by atoms with E-state index in [1.807, 2.05) is 6.07 Å². The molecule has 5 nitrogen and oxygen atoms in total. The molecule has 0 atom stereocenters. The molecule has 21 heavy (non-hydrogen) atoms. The Labute approximate surface area is 131 Å². The maximum Gasteiger partial charge on any atom is 0.296 e. The Hall–Kier alpha value is -1.40. The number of carbonyl (C=O) groups excluding carboxylic acids is 2. The number of aliphatic hydroxyl groups excluding tert-OH is 1. The van der Waals surface area contributed by atoms with Crippen molar-refractivity contribution >= 4 is 39.0 Å². The summed E-state index contributed by atoms with van der Waals surface area (Å²) in [5.41, 5.74) is 1.89. The van der Waals surface area contributed by atoms with E-state index in [1.54, 1.807) is 6.07 Å². The number of hydrogen-bond donors (Lipinski definition) is 2. The van der Waals surface area contributed by atoms with Crippen LogP contribution in [0.3, 0.4) is 0 Å². The van der Waals surface area contributed by atoms with Gasteiger partial charge in [-0.15, -0.1) is 0 Å². The lowest BCUT2D eigenvalue weighted by atomic mass is 10.1. The lowest BCUT2D eigenvalue weighted by Crippen LogP contribution is -2.36. The Morgan fingerprint density at radius 2 is 2.00 bits per heavy atom. The highest BCUT2D eigenvalue weighted by Gasteiger charge is 2.31. The molecule has 1 aromatic carbocycles. The summed E-state index contributed by atoms with van der Waals surface area (Å²) in [6.45, 7) is 0.620. The minimum absolute atomic E-state index is 0.0747. The predicted molar refractivity (Wildman–Crippen MR) is 83.8 cm³/mol. The number of anilines is 2. The molecule has 2 aliphatic rings. The quantitative estimate of drug-likeness (QED) is 0.816. The molecule has 2 N–H and O–H groups in total. The summed E-state index contributed by atoms with van der Waals surface area (Å²) in [7, 11) is 0. The highest BCUT2D eigenvalue weighted by molar-refractivity contribution is 9.10. The molecule has 1 aliphatic carbocycles. The molecule has 3 rings (SSSR count). The zero-order chi connectivity index (χ0) is 15.0. The van der Waals surface area contributed by atoms with E-state index in [0.717, 1.165) is 23.0 Å². The summed E-state index contributed by atoms with van der Waals surface area (Å²) in [6, 6.07) is 3.93. The van der Waals surface area contributed by atoms with Crippen molar-refractivity contribution in [3.8, 4) is 0 Å². The second kappa shape index (κ2) is 5.77. The van der Waals surface area contributed by atoms with Crippen molar-refractivity contribution in [3.63, 3.8) is 0 Å². The lowest BCUT2D eigenvalue weighted by Gasteiger charge is -2.31. The van der Waals surface area contributed by atoms with Crippen LogP contribution in [0.4, 0.5) is 11.4 Å². The number of rotatable bonds is 4. The third kappa shape index (κ3) is 2.58. The fraction of sp³-hybridized carbons (Fsp3) is 0.467. The minimum Gasteiger partial charge on any atom is -0.395 e. The van der Waals surface area contributed by atoms with Gasteiger partial charge in [-0.2, -0.15) is 0 Å². The van der Waals surface area contributed by atoms with Gasteiger partial charge in [0, 0.05) is 17.1 Å². The SMILES string of the molecule is O=C1Nc2cc(N(CCO)C3CCCC3)c(Br)cc2C1=O. The molecule has 1 fully saturated rings. The van der Waals surface area contributed by atoms with Crippen LogP contribution in [0.1, 0.15) is 36.0 Å². The molecule has 0 saturated heterocycles. The highest BCUT2D eigenvalue weighted by Crippen LogP contribution is 2.38. The van der Waals surface area contributed by atoms with Gasteiger partial charge < -0.3 is 15.3 Å². The lowest BCUT2D eigenvalue weighted by molar-refractivity contribution is -0.112. The van der Waals surface area contributed by atoms with Crippen LogP contribution in [-0.4, -0.2) is 36.0 Å². The fourth-order valence-corrected chi connectivity index (χ4v) is 3.77. The monoisotopic (exact) mass is 352 g/mol. The van der Waals surface area contributed by atoms with Crippen LogP contribution >= 0.6 is 15.9 Å². The molecule has 0 unspecified atom stereocenters. The number of carbonyl (C=O) groups is 2. The summed E-state index contributed by atoms with van der Waals surface area (Å²) in [5.74, 6) is -1.07. The van der Waals surface area contributed by atoms with Crippen molar-refractivity contribution in [1.82, 2.24) is 0 Å². The maximum absolute atomic E-state index is 11.7. The summed E-state index contributed by atoms with van der Waals surface area (Å²) < 4.78 is 0.784. The first-order chi connectivity index (χ1) is 10.1. The first kappa shape index (κ1) is 14.5. The molecule has 1 amide bonds. The highest BCUT2D eigenvalue weighted by atomic mass is 79.9. The molecule has 0 bridgehead atoms. The van der Waals surface area contributed by atoms with Gasteiger partial charge in [-0.3, -0.25) is 9.59 Å². The summed E-state index contributed by atoms with van der Waals surface area (Å²) in [5, 5.41) is 11.9. The van der Waals surface area contributed by atoms with Gasteiger partial charge in [0.05, 0.1) is 23.5 Å². The Morgan fingerprint density at radius 3 is 2.67 bits per heavy atom. The van der Waals surface area contributed by atoms with Crippen molar-refractivity contribution in [2.45, 2.75) is 31.7 Å². The number of halogens is 1. The van der Waals surface area contributed by atoms with Crippen molar-refractivity contribution in [1.29, 1.82) is 0 Å². The molecule has 1 aliphatic heterocycles. The zero-order valence-electron chi connectivity index (χ0n) is 11.6. The van der Waals surface area contributed by atoms with E-state index in [4.69, 9.17) is 0 Å². The van der Waals surface area contributed by atoms with Gasteiger partial charge in [0.15, 0.2) is 0 Å². The standard InChI is InChI=1S/C15H17BrN2O3/c16-11-7-10-12(17-15(21)14(10)20)8-13(11)18(5-6-19)9-3-1-2-4-9/h7-9,19H,1-6H2,(H,17,20,21). The molecule has 6 heteroatoms. The molecule has 0 spiro atoms.